The highest BCUT2D eigenvalue weighted by atomic mass is 35.5. The third-order valence-electron chi connectivity index (χ3n) is 4.98. The van der Waals surface area contributed by atoms with Crippen LogP contribution in [0.3, 0.4) is 0 Å². The summed E-state index contributed by atoms with van der Waals surface area (Å²) >= 11 is 6.37. The molecule has 1 fully saturated rings. The van der Waals surface area contributed by atoms with E-state index in [1.165, 1.54) is 6.07 Å². The Kier molecular flexibility index (Phi) is 6.28. The smallest absolute Gasteiger partial charge is 0.220 e. The Hall–Kier alpha value is -1.91. The standard InChI is InChI=1S/C21H24ClFN2O/c1-14-12-16(7-8-19(14)23)21(17-4-2-3-5-18(17)22)25-20(26)9-6-15-10-11-24-13-15/h2-5,7-8,12,15,21,24H,6,9-11,13H2,1H3,(H,25,26). The molecule has 1 amide bonds. The Bertz CT molecular complexity index is 774. The Labute approximate surface area is 158 Å². The molecular weight excluding hydrogens is 351 g/mol. The monoisotopic (exact) mass is 374 g/mol. The molecule has 0 saturated carbocycles. The van der Waals surface area contributed by atoms with Crippen molar-refractivity contribution >= 4 is 17.5 Å². The van der Waals surface area contributed by atoms with Crippen LogP contribution >= 0.6 is 11.6 Å². The highest BCUT2D eigenvalue weighted by molar-refractivity contribution is 6.31. The number of benzene rings is 2. The summed E-state index contributed by atoms with van der Waals surface area (Å²) in [7, 11) is 0. The minimum atomic E-state index is -0.391. The van der Waals surface area contributed by atoms with E-state index in [-0.39, 0.29) is 11.7 Å². The predicted octanol–water partition coefficient (Wildman–Crippen LogP) is 4.38. The average Bonchev–Trinajstić information content (AvgIpc) is 3.15. The van der Waals surface area contributed by atoms with E-state index in [4.69, 9.17) is 11.6 Å². The minimum Gasteiger partial charge on any atom is -0.345 e. The lowest BCUT2D eigenvalue weighted by Crippen LogP contribution is -2.30. The summed E-state index contributed by atoms with van der Waals surface area (Å²) in [5.74, 6) is 0.295. The van der Waals surface area contributed by atoms with Crippen LogP contribution in [-0.4, -0.2) is 19.0 Å². The van der Waals surface area contributed by atoms with Crippen molar-refractivity contribution in [2.45, 2.75) is 32.2 Å². The number of aryl methyl sites for hydroxylation is 1. The number of amides is 1. The van der Waals surface area contributed by atoms with Crippen molar-refractivity contribution in [3.8, 4) is 0 Å². The summed E-state index contributed by atoms with van der Waals surface area (Å²) in [4.78, 5) is 12.6. The molecule has 0 aromatic heterocycles. The van der Waals surface area contributed by atoms with Gasteiger partial charge in [0, 0.05) is 11.4 Å². The molecule has 1 heterocycles. The van der Waals surface area contributed by atoms with Crippen LogP contribution in [0.25, 0.3) is 0 Å². The van der Waals surface area contributed by atoms with Gasteiger partial charge < -0.3 is 10.6 Å². The van der Waals surface area contributed by atoms with Crippen molar-refractivity contribution in [1.29, 1.82) is 0 Å². The van der Waals surface area contributed by atoms with Crippen molar-refractivity contribution < 1.29 is 9.18 Å². The number of hydrogen-bond acceptors (Lipinski definition) is 2. The summed E-state index contributed by atoms with van der Waals surface area (Å²) in [6, 6.07) is 12.0. The fourth-order valence-corrected chi connectivity index (χ4v) is 3.67. The van der Waals surface area contributed by atoms with Crippen LogP contribution in [0.1, 0.15) is 42.0 Å². The third kappa shape index (κ3) is 4.63. The highest BCUT2D eigenvalue weighted by Crippen LogP contribution is 2.29. The first-order valence-electron chi connectivity index (χ1n) is 9.05. The molecule has 2 aromatic carbocycles. The molecule has 138 valence electrons. The number of nitrogens with one attached hydrogen (secondary N) is 2. The normalized spacial score (nSPS) is 17.9. The summed E-state index contributed by atoms with van der Waals surface area (Å²) in [6.45, 7) is 3.74. The van der Waals surface area contributed by atoms with Gasteiger partial charge in [-0.1, -0.05) is 41.9 Å². The van der Waals surface area contributed by atoms with Crippen molar-refractivity contribution in [1.82, 2.24) is 10.6 Å². The Balaban J connectivity index is 1.79. The average molecular weight is 375 g/mol. The molecule has 1 aliphatic rings. The van der Waals surface area contributed by atoms with Crippen molar-refractivity contribution in [2.75, 3.05) is 13.1 Å². The number of halogens is 2. The third-order valence-corrected chi connectivity index (χ3v) is 5.32. The van der Waals surface area contributed by atoms with Gasteiger partial charge in [-0.3, -0.25) is 4.79 Å². The van der Waals surface area contributed by atoms with Crippen molar-refractivity contribution in [3.05, 3.63) is 70.0 Å². The second kappa shape index (κ2) is 8.65. The Morgan fingerprint density at radius 3 is 2.85 bits per heavy atom. The first kappa shape index (κ1) is 18.9. The molecule has 0 spiro atoms. The molecule has 2 aromatic rings. The van der Waals surface area contributed by atoms with Crippen LogP contribution < -0.4 is 10.6 Å². The zero-order valence-electron chi connectivity index (χ0n) is 14.9. The summed E-state index contributed by atoms with van der Waals surface area (Å²) in [5, 5.41) is 7.00. The molecule has 0 aliphatic carbocycles. The maximum Gasteiger partial charge on any atom is 0.220 e. The molecule has 0 radical (unpaired) electrons. The molecule has 2 N–H and O–H groups in total. The van der Waals surface area contributed by atoms with Gasteiger partial charge in [0.1, 0.15) is 5.82 Å². The van der Waals surface area contributed by atoms with Crippen LogP contribution in [0.2, 0.25) is 5.02 Å². The fraction of sp³-hybridized carbons (Fsp3) is 0.381. The van der Waals surface area contributed by atoms with E-state index in [1.54, 1.807) is 25.1 Å². The molecule has 0 bridgehead atoms. The van der Waals surface area contributed by atoms with Gasteiger partial charge in [-0.25, -0.2) is 4.39 Å². The molecule has 3 rings (SSSR count). The lowest BCUT2D eigenvalue weighted by Gasteiger charge is -2.22. The second-order valence-electron chi connectivity index (χ2n) is 6.93. The fourth-order valence-electron chi connectivity index (χ4n) is 3.43. The Morgan fingerprint density at radius 1 is 1.35 bits per heavy atom. The molecule has 2 atom stereocenters. The minimum absolute atomic E-state index is 0.0104. The zero-order chi connectivity index (χ0) is 18.5. The van der Waals surface area contributed by atoms with Gasteiger partial charge in [-0.15, -0.1) is 0 Å². The zero-order valence-corrected chi connectivity index (χ0v) is 15.7. The summed E-state index contributed by atoms with van der Waals surface area (Å²) in [5.41, 5.74) is 2.19. The molecule has 1 aliphatic heterocycles. The maximum atomic E-state index is 13.7. The Morgan fingerprint density at radius 2 is 2.15 bits per heavy atom. The van der Waals surface area contributed by atoms with Gasteiger partial charge in [-0.2, -0.15) is 0 Å². The molecule has 2 unspecified atom stereocenters. The first-order valence-corrected chi connectivity index (χ1v) is 9.43. The molecule has 1 saturated heterocycles. The van der Waals surface area contributed by atoms with E-state index in [0.717, 1.165) is 37.1 Å². The molecule has 5 heteroatoms. The van der Waals surface area contributed by atoms with Gasteiger partial charge in [-0.05, 0) is 67.6 Å². The molecule has 26 heavy (non-hydrogen) atoms. The number of carbonyl (C=O) groups is 1. The van der Waals surface area contributed by atoms with Crippen molar-refractivity contribution in [2.24, 2.45) is 5.92 Å². The maximum absolute atomic E-state index is 13.7. The van der Waals surface area contributed by atoms with Crippen LogP contribution in [-0.2, 0) is 4.79 Å². The van der Waals surface area contributed by atoms with E-state index in [1.807, 2.05) is 18.2 Å². The number of rotatable bonds is 6. The lowest BCUT2D eigenvalue weighted by molar-refractivity contribution is -0.121. The van der Waals surface area contributed by atoms with E-state index in [2.05, 4.69) is 10.6 Å². The second-order valence-corrected chi connectivity index (χ2v) is 7.34. The van der Waals surface area contributed by atoms with Crippen LogP contribution in [0.5, 0.6) is 0 Å². The van der Waals surface area contributed by atoms with Gasteiger partial charge >= 0.3 is 0 Å². The van der Waals surface area contributed by atoms with E-state index < -0.39 is 6.04 Å². The summed E-state index contributed by atoms with van der Waals surface area (Å²) < 4.78 is 13.7. The molecule has 3 nitrogen and oxygen atoms in total. The number of hydrogen-bond donors (Lipinski definition) is 2. The van der Waals surface area contributed by atoms with Crippen LogP contribution in [0.4, 0.5) is 4.39 Å². The van der Waals surface area contributed by atoms with Crippen LogP contribution in [0, 0.1) is 18.7 Å². The number of carbonyl (C=O) groups excluding carboxylic acids is 1. The van der Waals surface area contributed by atoms with E-state index in [9.17, 15) is 9.18 Å². The van der Waals surface area contributed by atoms with E-state index in [0.29, 0.717) is 22.9 Å². The highest BCUT2D eigenvalue weighted by Gasteiger charge is 2.21. The van der Waals surface area contributed by atoms with E-state index >= 15 is 0 Å². The van der Waals surface area contributed by atoms with Crippen molar-refractivity contribution in [3.63, 3.8) is 0 Å². The topological polar surface area (TPSA) is 41.1 Å². The quantitative estimate of drug-likeness (QED) is 0.787. The summed E-state index contributed by atoms with van der Waals surface area (Å²) in [6.07, 6.45) is 2.47. The van der Waals surface area contributed by atoms with Gasteiger partial charge in [0.15, 0.2) is 0 Å². The molecular formula is C21H24ClFN2O. The van der Waals surface area contributed by atoms with Gasteiger partial charge in [0.2, 0.25) is 5.91 Å². The lowest BCUT2D eigenvalue weighted by atomic mass is 9.96. The van der Waals surface area contributed by atoms with Crippen LogP contribution in [0.15, 0.2) is 42.5 Å². The predicted molar refractivity (Wildman–Crippen MR) is 103 cm³/mol. The SMILES string of the molecule is Cc1cc(C(NC(=O)CCC2CCNC2)c2ccccc2Cl)ccc1F. The van der Waals surface area contributed by atoms with Gasteiger partial charge in [0.05, 0.1) is 6.04 Å². The van der Waals surface area contributed by atoms with Gasteiger partial charge in [0.25, 0.3) is 0 Å². The largest absolute Gasteiger partial charge is 0.345 e. The first-order chi connectivity index (χ1) is 12.5.